The van der Waals surface area contributed by atoms with Crippen LogP contribution < -0.4 is 14.8 Å². The van der Waals surface area contributed by atoms with Crippen molar-refractivity contribution in [3.8, 4) is 5.75 Å². The van der Waals surface area contributed by atoms with Crippen LogP contribution in [-0.2, 0) is 10.0 Å². The number of sulfonamides is 1. The minimum absolute atomic E-state index is 0.0409. The van der Waals surface area contributed by atoms with E-state index in [1.165, 1.54) is 12.1 Å². The number of hydrogen-bond donors (Lipinski definition) is 2. The number of hydrogen-bond acceptors (Lipinski definition) is 4. The summed E-state index contributed by atoms with van der Waals surface area (Å²) >= 11 is 5.85. The molecule has 1 saturated carbocycles. The third-order valence-corrected chi connectivity index (χ3v) is 6.40. The second-order valence-corrected chi connectivity index (χ2v) is 8.60. The van der Waals surface area contributed by atoms with Gasteiger partial charge in [-0.2, -0.15) is 0 Å². The van der Waals surface area contributed by atoms with E-state index < -0.39 is 10.0 Å². The Bertz CT molecular complexity index is 823. The van der Waals surface area contributed by atoms with E-state index in [-0.39, 0.29) is 17.0 Å². The molecule has 2 N–H and O–H groups in total. The fraction of sp³-hybridized carbons (Fsp3) is 0.368. The zero-order chi connectivity index (χ0) is 18.6. The number of halogens is 1. The van der Waals surface area contributed by atoms with E-state index in [9.17, 15) is 8.42 Å². The third-order valence-electron chi connectivity index (χ3n) is 4.64. The van der Waals surface area contributed by atoms with Gasteiger partial charge in [0, 0.05) is 22.8 Å². The summed E-state index contributed by atoms with van der Waals surface area (Å²) in [5.41, 5.74) is 0.952. The summed E-state index contributed by atoms with van der Waals surface area (Å²) < 4.78 is 33.4. The number of ether oxygens (including phenoxy) is 1. The molecule has 0 heterocycles. The second kappa shape index (κ2) is 8.29. The van der Waals surface area contributed by atoms with E-state index in [4.69, 9.17) is 16.3 Å². The molecule has 1 fully saturated rings. The summed E-state index contributed by atoms with van der Waals surface area (Å²) in [4.78, 5) is 0.232. The lowest BCUT2D eigenvalue weighted by Crippen LogP contribution is -2.48. The van der Waals surface area contributed by atoms with Gasteiger partial charge < -0.3 is 10.1 Å². The Morgan fingerprint density at radius 2 is 1.58 bits per heavy atom. The highest BCUT2D eigenvalue weighted by Crippen LogP contribution is 2.25. The van der Waals surface area contributed by atoms with Crippen LogP contribution in [0.3, 0.4) is 0 Å². The maximum Gasteiger partial charge on any atom is 0.240 e. The lowest BCUT2D eigenvalue weighted by molar-refractivity contribution is 0.378. The molecule has 0 radical (unpaired) electrons. The van der Waals surface area contributed by atoms with Gasteiger partial charge in [-0.3, -0.25) is 0 Å². The molecule has 5 nitrogen and oxygen atoms in total. The first kappa shape index (κ1) is 19.0. The van der Waals surface area contributed by atoms with Gasteiger partial charge in [0.05, 0.1) is 12.0 Å². The summed E-state index contributed by atoms with van der Waals surface area (Å²) in [5.74, 6) is 0.791. The maximum atomic E-state index is 12.7. The van der Waals surface area contributed by atoms with Crippen LogP contribution in [0, 0.1) is 0 Å². The summed E-state index contributed by atoms with van der Waals surface area (Å²) in [6.07, 6.45) is 3.81. The zero-order valence-corrected chi connectivity index (χ0v) is 16.2. The Hall–Kier alpha value is -1.76. The normalized spacial score (nSPS) is 20.5. The van der Waals surface area contributed by atoms with Gasteiger partial charge in [0.25, 0.3) is 0 Å². The van der Waals surface area contributed by atoms with Gasteiger partial charge in [-0.05, 0) is 61.4 Å². The van der Waals surface area contributed by atoms with E-state index in [1.54, 1.807) is 19.2 Å². The first-order valence-corrected chi connectivity index (χ1v) is 10.5. The lowest BCUT2D eigenvalue weighted by Gasteiger charge is -2.33. The minimum atomic E-state index is -3.58. The quantitative estimate of drug-likeness (QED) is 0.775. The lowest BCUT2D eigenvalue weighted by atomic mass is 9.91. The van der Waals surface area contributed by atoms with Crippen LogP contribution in [0.4, 0.5) is 5.69 Å². The molecule has 0 aliphatic heterocycles. The average molecular weight is 395 g/mol. The molecule has 1 aliphatic carbocycles. The van der Waals surface area contributed by atoms with Crippen molar-refractivity contribution >= 4 is 27.3 Å². The van der Waals surface area contributed by atoms with Crippen molar-refractivity contribution in [2.75, 3.05) is 12.4 Å². The van der Waals surface area contributed by atoms with E-state index in [2.05, 4.69) is 10.0 Å². The third kappa shape index (κ3) is 4.69. The van der Waals surface area contributed by atoms with Crippen molar-refractivity contribution in [1.82, 2.24) is 4.72 Å². The predicted octanol–water partition coefficient (Wildman–Crippen LogP) is 4.05. The fourth-order valence-corrected chi connectivity index (χ4v) is 4.66. The molecular weight excluding hydrogens is 372 g/mol. The van der Waals surface area contributed by atoms with Crippen molar-refractivity contribution in [2.45, 2.75) is 42.7 Å². The van der Waals surface area contributed by atoms with Gasteiger partial charge in [0.15, 0.2) is 0 Å². The van der Waals surface area contributed by atoms with Crippen molar-refractivity contribution < 1.29 is 13.2 Å². The predicted molar refractivity (Wildman–Crippen MR) is 104 cm³/mol. The molecule has 0 amide bonds. The van der Waals surface area contributed by atoms with Gasteiger partial charge in [-0.25, -0.2) is 13.1 Å². The molecule has 3 rings (SSSR count). The summed E-state index contributed by atoms with van der Waals surface area (Å²) in [5, 5.41) is 3.98. The summed E-state index contributed by atoms with van der Waals surface area (Å²) in [6, 6.07) is 13.8. The van der Waals surface area contributed by atoms with Gasteiger partial charge >= 0.3 is 0 Å². The monoisotopic (exact) mass is 394 g/mol. The highest BCUT2D eigenvalue weighted by atomic mass is 35.5. The van der Waals surface area contributed by atoms with Crippen LogP contribution in [0.25, 0.3) is 0 Å². The van der Waals surface area contributed by atoms with Crippen LogP contribution in [0.2, 0.25) is 5.02 Å². The van der Waals surface area contributed by atoms with E-state index in [0.29, 0.717) is 5.02 Å². The van der Waals surface area contributed by atoms with Gasteiger partial charge in [0.2, 0.25) is 10.0 Å². The minimum Gasteiger partial charge on any atom is -0.497 e. The van der Waals surface area contributed by atoms with Crippen LogP contribution >= 0.6 is 11.6 Å². The molecule has 2 atom stereocenters. The highest BCUT2D eigenvalue weighted by molar-refractivity contribution is 7.89. The molecule has 2 aromatic rings. The maximum absolute atomic E-state index is 12.7. The van der Waals surface area contributed by atoms with Crippen LogP contribution in [0.15, 0.2) is 53.4 Å². The van der Waals surface area contributed by atoms with E-state index in [0.717, 1.165) is 37.1 Å². The van der Waals surface area contributed by atoms with Crippen LogP contribution in [0.1, 0.15) is 25.7 Å². The largest absolute Gasteiger partial charge is 0.497 e. The molecule has 0 aromatic heterocycles. The van der Waals surface area contributed by atoms with Crippen molar-refractivity contribution in [2.24, 2.45) is 0 Å². The number of methoxy groups -OCH3 is 1. The number of benzene rings is 2. The Balaban J connectivity index is 1.72. The van der Waals surface area contributed by atoms with E-state index >= 15 is 0 Å². The number of anilines is 1. The van der Waals surface area contributed by atoms with Crippen molar-refractivity contribution in [3.05, 3.63) is 53.6 Å². The Labute approximate surface area is 159 Å². The molecule has 0 saturated heterocycles. The summed E-state index contributed by atoms with van der Waals surface area (Å²) in [6.45, 7) is 0. The topological polar surface area (TPSA) is 67.4 Å². The van der Waals surface area contributed by atoms with Gasteiger partial charge in [0.1, 0.15) is 5.75 Å². The molecule has 0 bridgehead atoms. The first-order chi connectivity index (χ1) is 12.5. The average Bonchev–Trinajstić information content (AvgIpc) is 2.64. The van der Waals surface area contributed by atoms with Crippen LogP contribution in [0.5, 0.6) is 5.75 Å². The highest BCUT2D eigenvalue weighted by Gasteiger charge is 2.29. The SMILES string of the molecule is COc1ccc(NC2CCCCC2NS(=O)(=O)c2ccc(Cl)cc2)cc1. The molecule has 7 heteroatoms. The Morgan fingerprint density at radius 3 is 2.19 bits per heavy atom. The first-order valence-electron chi connectivity index (χ1n) is 8.66. The van der Waals surface area contributed by atoms with E-state index in [1.807, 2.05) is 24.3 Å². The standard InChI is InChI=1S/C19H23ClN2O3S/c1-25-16-10-8-15(9-11-16)21-18-4-2-3-5-19(18)22-26(23,24)17-12-6-14(20)7-13-17/h6-13,18-19,21-22H,2-5H2,1H3. The Kier molecular flexibility index (Phi) is 6.06. The van der Waals surface area contributed by atoms with Crippen LogP contribution in [-0.4, -0.2) is 27.6 Å². The van der Waals surface area contributed by atoms with Crippen molar-refractivity contribution in [3.63, 3.8) is 0 Å². The molecule has 2 aromatic carbocycles. The molecule has 140 valence electrons. The molecule has 2 unspecified atom stereocenters. The number of rotatable bonds is 6. The van der Waals surface area contributed by atoms with Gasteiger partial charge in [-0.1, -0.05) is 24.4 Å². The summed E-state index contributed by atoms with van der Waals surface area (Å²) in [7, 11) is -1.95. The molecular formula is C19H23ClN2O3S. The molecule has 0 spiro atoms. The number of nitrogens with one attached hydrogen (secondary N) is 2. The Morgan fingerprint density at radius 1 is 0.962 bits per heavy atom. The molecule has 1 aliphatic rings. The fourth-order valence-electron chi connectivity index (χ4n) is 3.23. The zero-order valence-electron chi connectivity index (χ0n) is 14.6. The van der Waals surface area contributed by atoms with Gasteiger partial charge in [-0.15, -0.1) is 0 Å². The molecule has 26 heavy (non-hydrogen) atoms. The van der Waals surface area contributed by atoms with Crippen molar-refractivity contribution in [1.29, 1.82) is 0 Å². The smallest absolute Gasteiger partial charge is 0.240 e. The second-order valence-electron chi connectivity index (χ2n) is 6.45.